The minimum atomic E-state index is -5.06. The van der Waals surface area contributed by atoms with Gasteiger partial charge in [0.15, 0.2) is 14.0 Å². The molecule has 16 heteroatoms. The third-order valence-electron chi connectivity index (χ3n) is 9.07. The quantitative estimate of drug-likeness (QED) is 0.142. The fraction of sp³-hybridized carbons (Fsp3) is 0.645. The second-order valence-electron chi connectivity index (χ2n) is 13.6. The first-order chi connectivity index (χ1) is 21.6. The van der Waals surface area contributed by atoms with Gasteiger partial charge >= 0.3 is 18.3 Å². The van der Waals surface area contributed by atoms with Gasteiger partial charge in [-0.3, -0.25) is 14.3 Å². The van der Waals surface area contributed by atoms with Crippen LogP contribution in [-0.2, 0) is 20.1 Å². The van der Waals surface area contributed by atoms with Gasteiger partial charge in [-0.2, -0.15) is 31.4 Å². The number of hydrogen-bond acceptors (Lipinski definition) is 5. The van der Waals surface area contributed by atoms with E-state index in [0.717, 1.165) is 6.20 Å². The van der Waals surface area contributed by atoms with E-state index >= 15 is 0 Å². The number of aromatic nitrogens is 2. The van der Waals surface area contributed by atoms with Gasteiger partial charge in [0, 0.05) is 21.7 Å². The average Bonchev–Trinajstić information content (AvgIpc) is 3.64. The molecule has 0 aliphatic heterocycles. The number of ether oxygens (including phenoxy) is 1. The maximum absolute atomic E-state index is 14.6. The van der Waals surface area contributed by atoms with Gasteiger partial charge in [-0.25, -0.2) is 0 Å². The molecule has 0 radical (unpaired) electrons. The van der Waals surface area contributed by atoms with E-state index in [-0.39, 0.29) is 60.7 Å². The molecule has 1 amide bonds. The van der Waals surface area contributed by atoms with Crippen LogP contribution in [0.15, 0.2) is 24.4 Å². The van der Waals surface area contributed by atoms with E-state index in [1.54, 1.807) is 19.9 Å². The smallest absolute Gasteiger partial charge is 0.433 e. The van der Waals surface area contributed by atoms with E-state index in [1.165, 1.54) is 12.1 Å². The summed E-state index contributed by atoms with van der Waals surface area (Å²) in [5.41, 5.74) is -5.27. The molecule has 0 spiro atoms. The number of carbonyl (C=O) groups excluding carboxylic acids is 2. The van der Waals surface area contributed by atoms with Crippen LogP contribution in [0, 0.1) is 10.8 Å². The maximum Gasteiger partial charge on any atom is 0.433 e. The van der Waals surface area contributed by atoms with Gasteiger partial charge in [0.25, 0.3) is 5.91 Å². The standard InChI is InChI=1S/C31H39Cl2F6N3O4Si/c1-6-45-27(44)28(2)12-10-18(11-13-28)42-25(30(34,35)36)19(17-40-42)26(43)41-23(29(14-15-29)31(37,38)39)16-22(46-47(3,4)5)24-20(32)8-7-9-21(24)33/h7-9,17-18,22-23H,6,10-16H2,1-5H3,(H,41,43)/t18?,22-,23-,28?/m1/s1. The number of hydrogen-bond donors (Lipinski definition) is 1. The molecule has 2 fully saturated rings. The van der Waals surface area contributed by atoms with Crippen molar-refractivity contribution in [2.75, 3.05) is 6.61 Å². The van der Waals surface area contributed by atoms with E-state index < -0.39 is 79.2 Å². The Labute approximate surface area is 280 Å². The summed E-state index contributed by atoms with van der Waals surface area (Å²) in [6.07, 6.45) is -10.5. The van der Waals surface area contributed by atoms with E-state index in [4.69, 9.17) is 32.4 Å². The minimum absolute atomic E-state index is 0.148. The molecule has 0 bridgehead atoms. The molecule has 2 atom stereocenters. The molecule has 1 N–H and O–H groups in total. The van der Waals surface area contributed by atoms with Crippen LogP contribution >= 0.6 is 23.2 Å². The summed E-state index contributed by atoms with van der Waals surface area (Å²) in [6.45, 7) is 8.98. The highest BCUT2D eigenvalue weighted by Gasteiger charge is 2.68. The zero-order valence-electron chi connectivity index (χ0n) is 26.7. The number of benzene rings is 1. The Morgan fingerprint density at radius 2 is 1.64 bits per heavy atom. The van der Waals surface area contributed by atoms with E-state index in [2.05, 4.69) is 10.4 Å². The van der Waals surface area contributed by atoms with Gasteiger partial charge < -0.3 is 14.5 Å². The predicted molar refractivity (Wildman–Crippen MR) is 167 cm³/mol. The maximum atomic E-state index is 14.6. The number of halogens is 8. The molecule has 47 heavy (non-hydrogen) atoms. The lowest BCUT2D eigenvalue weighted by Gasteiger charge is -2.36. The van der Waals surface area contributed by atoms with Crippen molar-refractivity contribution in [1.29, 1.82) is 0 Å². The van der Waals surface area contributed by atoms with Crippen molar-refractivity contribution in [2.24, 2.45) is 10.8 Å². The summed E-state index contributed by atoms with van der Waals surface area (Å²) in [7, 11) is -2.48. The van der Waals surface area contributed by atoms with Crippen LogP contribution in [0.3, 0.4) is 0 Å². The van der Waals surface area contributed by atoms with Crippen LogP contribution in [0.4, 0.5) is 26.3 Å². The lowest BCUT2D eigenvalue weighted by Crippen LogP contribution is -2.49. The summed E-state index contributed by atoms with van der Waals surface area (Å²) in [5, 5.41) is 6.52. The van der Waals surface area contributed by atoms with Crippen molar-refractivity contribution in [3.05, 3.63) is 51.3 Å². The fourth-order valence-electron chi connectivity index (χ4n) is 6.39. The largest absolute Gasteiger partial charge is 0.466 e. The second-order valence-corrected chi connectivity index (χ2v) is 18.9. The van der Waals surface area contributed by atoms with E-state index in [0.29, 0.717) is 4.68 Å². The van der Waals surface area contributed by atoms with Crippen molar-refractivity contribution in [1.82, 2.24) is 15.1 Å². The summed E-state index contributed by atoms with van der Waals surface area (Å²) < 4.78 is 99.5. The lowest BCUT2D eigenvalue weighted by molar-refractivity contribution is -0.196. The average molecular weight is 731 g/mol. The SMILES string of the molecule is CCOC(=O)C1(C)CCC(n2ncc(C(=O)N[C@H](C[C@@H](O[Si](C)(C)C)c3c(Cl)cccc3Cl)C3(C(F)(F)F)CC3)c2C(F)(F)F)CC1. The lowest BCUT2D eigenvalue weighted by atomic mass is 9.74. The van der Waals surface area contributed by atoms with Crippen molar-refractivity contribution >= 4 is 43.4 Å². The summed E-state index contributed by atoms with van der Waals surface area (Å²) in [5.74, 6) is -1.78. The zero-order valence-corrected chi connectivity index (χ0v) is 29.3. The normalized spacial score (nSPS) is 22.8. The Morgan fingerprint density at radius 1 is 1.06 bits per heavy atom. The number of esters is 1. The number of nitrogens with zero attached hydrogens (tertiary/aromatic N) is 2. The molecule has 262 valence electrons. The van der Waals surface area contributed by atoms with Crippen LogP contribution < -0.4 is 5.32 Å². The molecule has 1 aromatic heterocycles. The van der Waals surface area contributed by atoms with Crippen LogP contribution in [0.2, 0.25) is 29.7 Å². The number of amides is 1. The zero-order chi connectivity index (χ0) is 35.2. The van der Waals surface area contributed by atoms with Crippen molar-refractivity contribution < 1.29 is 45.1 Å². The molecule has 4 rings (SSSR count). The van der Waals surface area contributed by atoms with Crippen molar-refractivity contribution in [2.45, 2.75) is 109 Å². The topological polar surface area (TPSA) is 82.5 Å². The Kier molecular flexibility index (Phi) is 10.8. The van der Waals surface area contributed by atoms with Gasteiger partial charge in [0.2, 0.25) is 0 Å². The molecule has 0 unspecified atom stereocenters. The Bertz CT molecular complexity index is 1440. The van der Waals surface area contributed by atoms with Crippen LogP contribution in [0.25, 0.3) is 0 Å². The predicted octanol–water partition coefficient (Wildman–Crippen LogP) is 9.32. The number of carbonyl (C=O) groups is 2. The highest BCUT2D eigenvalue weighted by Crippen LogP contribution is 2.61. The molecule has 2 aliphatic rings. The van der Waals surface area contributed by atoms with Crippen molar-refractivity contribution in [3.8, 4) is 0 Å². The van der Waals surface area contributed by atoms with Crippen LogP contribution in [0.1, 0.15) is 92.6 Å². The number of alkyl halides is 6. The minimum Gasteiger partial charge on any atom is -0.466 e. The molecule has 2 aliphatic carbocycles. The van der Waals surface area contributed by atoms with Crippen LogP contribution in [-0.4, -0.2) is 48.8 Å². The Hall–Kier alpha value is -2.29. The molecule has 2 aromatic rings. The highest BCUT2D eigenvalue weighted by molar-refractivity contribution is 6.69. The summed E-state index contributed by atoms with van der Waals surface area (Å²) in [6, 6.07) is 2.12. The third kappa shape index (κ3) is 8.13. The molecule has 1 heterocycles. The van der Waals surface area contributed by atoms with Gasteiger partial charge in [0.1, 0.15) is 0 Å². The molecule has 7 nitrogen and oxygen atoms in total. The molecule has 0 saturated heterocycles. The number of nitrogens with one attached hydrogen (secondary N) is 1. The number of rotatable bonds is 11. The van der Waals surface area contributed by atoms with Crippen LogP contribution in [0.5, 0.6) is 0 Å². The Balaban J connectivity index is 1.69. The Morgan fingerprint density at radius 3 is 2.11 bits per heavy atom. The second kappa shape index (κ2) is 13.5. The monoisotopic (exact) mass is 729 g/mol. The van der Waals surface area contributed by atoms with E-state index in [1.807, 2.05) is 19.6 Å². The molecule has 1 aromatic carbocycles. The first kappa shape index (κ1) is 37.5. The van der Waals surface area contributed by atoms with Gasteiger partial charge in [-0.15, -0.1) is 0 Å². The molecular formula is C31H39Cl2F6N3O4Si. The highest BCUT2D eigenvalue weighted by atomic mass is 35.5. The molecular weight excluding hydrogens is 691 g/mol. The third-order valence-corrected chi connectivity index (χ3v) is 10.7. The first-order valence-electron chi connectivity index (χ1n) is 15.4. The van der Waals surface area contributed by atoms with Gasteiger partial charge in [0.05, 0.1) is 41.3 Å². The first-order valence-corrected chi connectivity index (χ1v) is 19.6. The summed E-state index contributed by atoms with van der Waals surface area (Å²) >= 11 is 12.9. The van der Waals surface area contributed by atoms with Gasteiger partial charge in [-0.05, 0) is 90.6 Å². The van der Waals surface area contributed by atoms with E-state index in [9.17, 15) is 35.9 Å². The summed E-state index contributed by atoms with van der Waals surface area (Å²) in [4.78, 5) is 26.1. The fourth-order valence-corrected chi connectivity index (χ4v) is 8.10. The molecule has 2 saturated carbocycles. The van der Waals surface area contributed by atoms with Crippen molar-refractivity contribution in [3.63, 3.8) is 0 Å². The van der Waals surface area contributed by atoms with Gasteiger partial charge in [-0.1, -0.05) is 29.3 Å².